The van der Waals surface area contributed by atoms with Crippen molar-refractivity contribution < 1.29 is 23.5 Å². The van der Waals surface area contributed by atoms with Crippen LogP contribution in [0.25, 0.3) is 11.0 Å². The number of fused-ring (bicyclic) bond motifs is 1. The van der Waals surface area contributed by atoms with E-state index in [0.29, 0.717) is 21.7 Å². The van der Waals surface area contributed by atoms with Gasteiger partial charge in [0.15, 0.2) is 0 Å². The Kier molecular flexibility index (Phi) is 7.46. The highest BCUT2D eigenvalue weighted by molar-refractivity contribution is 9.10. The van der Waals surface area contributed by atoms with E-state index in [2.05, 4.69) is 20.9 Å². The minimum Gasteiger partial charge on any atom is -0.497 e. The molecule has 9 heteroatoms. The third-order valence-corrected chi connectivity index (χ3v) is 6.01. The number of methoxy groups -OCH3 is 2. The molecule has 176 valence electrons. The summed E-state index contributed by atoms with van der Waals surface area (Å²) in [6, 6.07) is 19.7. The molecule has 1 amide bonds. The zero-order valence-corrected chi connectivity index (χ0v) is 20.3. The molecule has 2 N–H and O–H groups in total. The molecule has 4 rings (SSSR count). The monoisotopic (exact) mass is 525 g/mol. The maximum atomic E-state index is 13.8. The number of benzene rings is 2. The summed E-state index contributed by atoms with van der Waals surface area (Å²) in [6.07, 6.45) is 0. The lowest BCUT2D eigenvalue weighted by Crippen LogP contribution is -2.37. The summed E-state index contributed by atoms with van der Waals surface area (Å²) in [5.74, 6) is 6.75. The molecule has 0 aliphatic rings. The number of carbonyl (C=O) groups is 1. The summed E-state index contributed by atoms with van der Waals surface area (Å²) >= 11 is 3.38. The first kappa shape index (κ1) is 23.7. The van der Waals surface area contributed by atoms with E-state index >= 15 is 0 Å². The normalized spacial score (nSPS) is 11.9. The SMILES string of the molecule is COc1ccc(CN(C(=O)c2ccc(Br)c(OC)n2)C(CON)c2cc3ccccc3o2)cc1. The maximum absolute atomic E-state index is 13.8. The van der Waals surface area contributed by atoms with Gasteiger partial charge in [-0.2, -0.15) is 0 Å². The second-order valence-corrected chi connectivity index (χ2v) is 8.36. The van der Waals surface area contributed by atoms with E-state index in [9.17, 15) is 4.79 Å². The van der Waals surface area contributed by atoms with E-state index in [-0.39, 0.29) is 24.8 Å². The van der Waals surface area contributed by atoms with Crippen LogP contribution in [-0.2, 0) is 11.4 Å². The number of aromatic nitrogens is 1. The Morgan fingerprint density at radius 1 is 1.09 bits per heavy atom. The van der Waals surface area contributed by atoms with E-state index in [1.54, 1.807) is 24.1 Å². The summed E-state index contributed by atoms with van der Waals surface area (Å²) in [4.78, 5) is 24.8. The Morgan fingerprint density at radius 3 is 2.53 bits per heavy atom. The first-order chi connectivity index (χ1) is 16.5. The number of para-hydroxylation sites is 1. The first-order valence-electron chi connectivity index (χ1n) is 10.5. The standard InChI is InChI=1S/C25H24BrN3O5/c1-31-18-9-7-16(8-10-18)14-29(25(30)20-12-11-19(26)24(28-20)32-2)21(15-33-27)23-13-17-5-3-4-6-22(17)34-23/h3-13,21H,14-15,27H2,1-2H3. The number of nitrogens with zero attached hydrogens (tertiary/aromatic N) is 2. The van der Waals surface area contributed by atoms with Gasteiger partial charge >= 0.3 is 0 Å². The third kappa shape index (κ3) is 5.06. The molecule has 34 heavy (non-hydrogen) atoms. The zero-order chi connectivity index (χ0) is 24.1. The van der Waals surface area contributed by atoms with Crippen molar-refractivity contribution in [3.05, 3.63) is 88.2 Å². The highest BCUT2D eigenvalue weighted by Gasteiger charge is 2.30. The smallest absolute Gasteiger partial charge is 0.273 e. The van der Waals surface area contributed by atoms with Crippen LogP contribution >= 0.6 is 15.9 Å². The van der Waals surface area contributed by atoms with Gasteiger partial charge < -0.3 is 23.6 Å². The molecule has 0 spiro atoms. The topological polar surface area (TPSA) is 100 Å². The molecular formula is C25H24BrN3O5. The lowest BCUT2D eigenvalue weighted by Gasteiger charge is -2.30. The number of ether oxygens (including phenoxy) is 2. The Hall–Kier alpha value is -3.40. The van der Waals surface area contributed by atoms with Crippen molar-refractivity contribution in [2.24, 2.45) is 5.90 Å². The lowest BCUT2D eigenvalue weighted by atomic mass is 10.1. The Labute approximate surface area is 205 Å². The van der Waals surface area contributed by atoms with Crippen LogP contribution in [0, 0.1) is 0 Å². The van der Waals surface area contributed by atoms with E-state index < -0.39 is 6.04 Å². The number of furan rings is 1. The Bertz CT molecular complexity index is 1240. The van der Waals surface area contributed by atoms with Crippen molar-refractivity contribution in [2.75, 3.05) is 20.8 Å². The first-order valence-corrected chi connectivity index (χ1v) is 11.3. The molecule has 0 saturated heterocycles. The van der Waals surface area contributed by atoms with Gasteiger partial charge in [-0.3, -0.25) is 4.79 Å². The number of hydrogen-bond acceptors (Lipinski definition) is 7. The summed E-state index contributed by atoms with van der Waals surface area (Å²) < 4.78 is 17.3. The van der Waals surface area contributed by atoms with Crippen molar-refractivity contribution in [3.8, 4) is 11.6 Å². The number of hydrogen-bond donors (Lipinski definition) is 1. The molecule has 2 aromatic heterocycles. The molecule has 0 fully saturated rings. The fraction of sp³-hybridized carbons (Fsp3) is 0.200. The summed E-state index contributed by atoms with van der Waals surface area (Å²) in [7, 11) is 3.10. The van der Waals surface area contributed by atoms with E-state index in [4.69, 9.17) is 24.6 Å². The van der Waals surface area contributed by atoms with Gasteiger partial charge in [-0.15, -0.1) is 0 Å². The van der Waals surface area contributed by atoms with Crippen LogP contribution in [0.5, 0.6) is 11.6 Å². The number of halogens is 1. The van der Waals surface area contributed by atoms with Gasteiger partial charge in [-0.05, 0) is 57.9 Å². The second-order valence-electron chi connectivity index (χ2n) is 7.50. The quantitative estimate of drug-likeness (QED) is 0.310. The maximum Gasteiger partial charge on any atom is 0.273 e. The predicted molar refractivity (Wildman–Crippen MR) is 130 cm³/mol. The van der Waals surface area contributed by atoms with Crippen LogP contribution in [0.4, 0.5) is 0 Å². The molecule has 1 atom stereocenters. The lowest BCUT2D eigenvalue weighted by molar-refractivity contribution is 0.0340. The molecule has 1 unspecified atom stereocenters. The van der Waals surface area contributed by atoms with Crippen LogP contribution in [0.1, 0.15) is 27.9 Å². The van der Waals surface area contributed by atoms with Gasteiger partial charge in [0, 0.05) is 11.9 Å². The van der Waals surface area contributed by atoms with Crippen molar-refractivity contribution in [3.63, 3.8) is 0 Å². The van der Waals surface area contributed by atoms with Crippen molar-refractivity contribution in [1.29, 1.82) is 0 Å². The van der Waals surface area contributed by atoms with Gasteiger partial charge in [0.05, 0.1) is 25.3 Å². The molecule has 0 radical (unpaired) electrons. The van der Waals surface area contributed by atoms with Gasteiger partial charge in [0.25, 0.3) is 5.91 Å². The zero-order valence-electron chi connectivity index (χ0n) is 18.7. The van der Waals surface area contributed by atoms with Gasteiger partial charge in [0.2, 0.25) is 5.88 Å². The molecule has 0 saturated carbocycles. The number of rotatable bonds is 9. The average molecular weight is 526 g/mol. The second kappa shape index (κ2) is 10.7. The fourth-order valence-electron chi connectivity index (χ4n) is 3.67. The Balaban J connectivity index is 1.77. The predicted octanol–water partition coefficient (Wildman–Crippen LogP) is 4.88. The molecule has 2 aromatic carbocycles. The van der Waals surface area contributed by atoms with Crippen molar-refractivity contribution >= 4 is 32.8 Å². The van der Waals surface area contributed by atoms with Crippen LogP contribution in [0.2, 0.25) is 0 Å². The van der Waals surface area contributed by atoms with Crippen LogP contribution in [0.15, 0.2) is 75.6 Å². The summed E-state index contributed by atoms with van der Waals surface area (Å²) in [6.45, 7) is 0.281. The molecule has 4 aromatic rings. The van der Waals surface area contributed by atoms with E-state index in [1.807, 2.05) is 54.6 Å². The third-order valence-electron chi connectivity index (χ3n) is 5.40. The number of carbonyl (C=O) groups excluding carboxylic acids is 1. The highest BCUT2D eigenvalue weighted by Crippen LogP contribution is 2.31. The molecule has 0 aliphatic carbocycles. The number of pyridine rings is 1. The Morgan fingerprint density at radius 2 is 1.85 bits per heavy atom. The fourth-order valence-corrected chi connectivity index (χ4v) is 4.05. The van der Waals surface area contributed by atoms with Crippen molar-refractivity contribution in [2.45, 2.75) is 12.6 Å². The molecule has 8 nitrogen and oxygen atoms in total. The van der Waals surface area contributed by atoms with E-state index in [1.165, 1.54) is 7.11 Å². The van der Waals surface area contributed by atoms with Crippen LogP contribution in [0.3, 0.4) is 0 Å². The molecular weight excluding hydrogens is 502 g/mol. The number of nitrogens with two attached hydrogens (primary N) is 1. The molecule has 0 aliphatic heterocycles. The largest absolute Gasteiger partial charge is 0.497 e. The van der Waals surface area contributed by atoms with Gasteiger partial charge in [-0.25, -0.2) is 10.9 Å². The minimum absolute atomic E-state index is 0.0232. The van der Waals surface area contributed by atoms with Crippen LogP contribution in [-0.4, -0.2) is 36.6 Å². The van der Waals surface area contributed by atoms with Gasteiger partial charge in [0.1, 0.15) is 28.8 Å². The van der Waals surface area contributed by atoms with E-state index in [0.717, 1.165) is 16.7 Å². The summed E-state index contributed by atoms with van der Waals surface area (Å²) in [5, 5.41) is 0.916. The molecule has 2 heterocycles. The molecule has 0 bridgehead atoms. The van der Waals surface area contributed by atoms with Gasteiger partial charge in [-0.1, -0.05) is 30.3 Å². The van der Waals surface area contributed by atoms with Crippen LogP contribution < -0.4 is 15.4 Å². The minimum atomic E-state index is -0.608. The van der Waals surface area contributed by atoms with Crippen molar-refractivity contribution in [1.82, 2.24) is 9.88 Å². The number of amides is 1. The summed E-state index contributed by atoms with van der Waals surface area (Å²) in [5.41, 5.74) is 1.81. The highest BCUT2D eigenvalue weighted by atomic mass is 79.9. The average Bonchev–Trinajstić information content (AvgIpc) is 3.30.